The highest BCUT2D eigenvalue weighted by atomic mass is 32.2. The molecule has 0 amide bonds. The lowest BCUT2D eigenvalue weighted by Gasteiger charge is -2.21. The Hall–Kier alpha value is -3.87. The Labute approximate surface area is 226 Å². The Morgan fingerprint density at radius 3 is 2.38 bits per heavy atom. The number of fused-ring (bicyclic) bond motifs is 1. The van der Waals surface area contributed by atoms with Crippen molar-refractivity contribution in [2.75, 3.05) is 11.1 Å². The van der Waals surface area contributed by atoms with Crippen LogP contribution in [-0.4, -0.2) is 53.6 Å². The normalized spacial score (nSPS) is 14.6. The van der Waals surface area contributed by atoms with Gasteiger partial charge in [-0.15, -0.1) is 0 Å². The Bertz CT molecular complexity index is 1700. The van der Waals surface area contributed by atoms with Crippen LogP contribution in [-0.2, 0) is 16.4 Å². The van der Waals surface area contributed by atoms with E-state index in [2.05, 4.69) is 35.2 Å². The molecule has 0 spiro atoms. The lowest BCUT2D eigenvalue weighted by molar-refractivity contribution is 0.406. The van der Waals surface area contributed by atoms with Gasteiger partial charge in [0.2, 0.25) is 0 Å². The Morgan fingerprint density at radius 2 is 1.74 bits per heavy atom. The molecule has 1 fully saturated rings. The van der Waals surface area contributed by atoms with Crippen LogP contribution in [0.2, 0.25) is 0 Å². The van der Waals surface area contributed by atoms with Crippen LogP contribution in [0.1, 0.15) is 69.7 Å². The maximum absolute atomic E-state index is 13.7. The summed E-state index contributed by atoms with van der Waals surface area (Å²) in [6, 6.07) is -0.183. The maximum Gasteiger partial charge on any atom is 0.295 e. The lowest BCUT2D eigenvalue weighted by atomic mass is 10.1. The summed E-state index contributed by atoms with van der Waals surface area (Å²) in [6.07, 6.45) is 7.89. The third-order valence-corrected chi connectivity index (χ3v) is 8.78. The van der Waals surface area contributed by atoms with Gasteiger partial charge in [0, 0.05) is 24.4 Å². The third kappa shape index (κ3) is 5.22. The molecule has 5 rings (SSSR count). The molecule has 1 N–H and O–H groups in total. The highest BCUT2D eigenvalue weighted by Gasteiger charge is 2.30. The largest absolute Gasteiger partial charge is 0.358 e. The van der Waals surface area contributed by atoms with Crippen LogP contribution in [0.3, 0.4) is 0 Å². The van der Waals surface area contributed by atoms with E-state index < -0.39 is 9.84 Å². The van der Waals surface area contributed by atoms with Gasteiger partial charge in [-0.2, -0.15) is 0 Å². The van der Waals surface area contributed by atoms with Crippen molar-refractivity contribution in [3.8, 4) is 11.4 Å². The number of aromatic nitrogens is 8. The van der Waals surface area contributed by atoms with Crippen molar-refractivity contribution in [1.29, 1.82) is 0 Å². The summed E-state index contributed by atoms with van der Waals surface area (Å²) in [4.78, 5) is 44.9. The fourth-order valence-corrected chi connectivity index (χ4v) is 5.03. The summed E-state index contributed by atoms with van der Waals surface area (Å²) in [6.45, 7) is 9.61. The molecule has 204 valence electrons. The molecular formula is C26H31N9O3S. The molecule has 0 radical (unpaired) electrons. The van der Waals surface area contributed by atoms with Crippen LogP contribution in [0, 0.1) is 12.8 Å². The van der Waals surface area contributed by atoms with Gasteiger partial charge in [-0.3, -0.25) is 9.36 Å². The first-order chi connectivity index (χ1) is 18.6. The smallest absolute Gasteiger partial charge is 0.295 e. The zero-order valence-electron chi connectivity index (χ0n) is 22.6. The van der Waals surface area contributed by atoms with E-state index in [1.807, 2.05) is 27.7 Å². The fraction of sp³-hybridized carbons (Fsp3) is 0.462. The minimum atomic E-state index is -3.40. The Morgan fingerprint density at radius 1 is 1.03 bits per heavy atom. The molecule has 1 atom stereocenters. The number of aryl methyl sites for hydroxylation is 1. The number of nitrogens with zero attached hydrogens (tertiary/aromatic N) is 8. The minimum Gasteiger partial charge on any atom is -0.358 e. The highest BCUT2D eigenvalue weighted by Crippen LogP contribution is 2.43. The first kappa shape index (κ1) is 26.7. The molecular weight excluding hydrogens is 518 g/mol. The fourth-order valence-electron chi connectivity index (χ4n) is 4.27. The first-order valence-corrected chi connectivity index (χ1v) is 14.6. The molecule has 0 unspecified atom stereocenters. The van der Waals surface area contributed by atoms with E-state index in [4.69, 9.17) is 4.98 Å². The van der Waals surface area contributed by atoms with Crippen molar-refractivity contribution in [2.45, 2.75) is 70.9 Å². The van der Waals surface area contributed by atoms with Crippen LogP contribution in [0.5, 0.6) is 0 Å². The summed E-state index contributed by atoms with van der Waals surface area (Å²) < 4.78 is 25.7. The summed E-state index contributed by atoms with van der Waals surface area (Å²) in [5.74, 6) is 1.39. The van der Waals surface area contributed by atoms with E-state index in [1.165, 1.54) is 12.4 Å². The van der Waals surface area contributed by atoms with Gasteiger partial charge < -0.3 is 5.32 Å². The van der Waals surface area contributed by atoms with Crippen LogP contribution in [0.15, 0.2) is 34.6 Å². The Kier molecular flexibility index (Phi) is 7.10. The van der Waals surface area contributed by atoms with E-state index in [0.29, 0.717) is 28.7 Å². The number of nitrogens with one attached hydrogen (secondary N) is 1. The van der Waals surface area contributed by atoms with Gasteiger partial charge >= 0.3 is 0 Å². The first-order valence-electron chi connectivity index (χ1n) is 13.0. The number of hydrogen-bond acceptors (Lipinski definition) is 11. The van der Waals surface area contributed by atoms with Crippen LogP contribution in [0.25, 0.3) is 22.6 Å². The molecule has 4 aromatic heterocycles. The molecule has 0 aliphatic heterocycles. The topological polar surface area (TPSA) is 158 Å². The van der Waals surface area contributed by atoms with Crippen molar-refractivity contribution in [1.82, 2.24) is 39.5 Å². The van der Waals surface area contributed by atoms with Gasteiger partial charge in [0.15, 0.2) is 27.1 Å². The zero-order chi connectivity index (χ0) is 27.9. The van der Waals surface area contributed by atoms with E-state index in [9.17, 15) is 13.2 Å². The average Bonchev–Trinajstić information content (AvgIpc) is 3.77. The van der Waals surface area contributed by atoms with E-state index in [1.54, 1.807) is 24.0 Å². The highest BCUT2D eigenvalue weighted by molar-refractivity contribution is 7.91. The Balaban J connectivity index is 1.55. The number of anilines is 1. The molecule has 13 heteroatoms. The van der Waals surface area contributed by atoms with Crippen molar-refractivity contribution in [2.24, 2.45) is 5.92 Å². The molecule has 0 aromatic carbocycles. The molecule has 39 heavy (non-hydrogen) atoms. The zero-order valence-corrected chi connectivity index (χ0v) is 23.4. The van der Waals surface area contributed by atoms with Crippen molar-refractivity contribution in [3.05, 3.63) is 52.5 Å². The second kappa shape index (κ2) is 10.4. The minimum absolute atomic E-state index is 0.0366. The van der Waals surface area contributed by atoms with Crippen molar-refractivity contribution >= 4 is 26.8 Å². The number of hydrogen-bond donors (Lipinski definition) is 1. The summed E-state index contributed by atoms with van der Waals surface area (Å²) in [5, 5.41) is 3.02. The predicted octanol–water partition coefficient (Wildman–Crippen LogP) is 3.24. The van der Waals surface area contributed by atoms with E-state index in [-0.39, 0.29) is 40.5 Å². The molecule has 12 nitrogen and oxygen atoms in total. The van der Waals surface area contributed by atoms with Crippen LogP contribution >= 0.6 is 0 Å². The van der Waals surface area contributed by atoms with Gasteiger partial charge in [0.25, 0.3) is 5.56 Å². The van der Waals surface area contributed by atoms with Crippen molar-refractivity contribution < 1.29 is 8.42 Å². The van der Waals surface area contributed by atoms with Gasteiger partial charge in [-0.25, -0.2) is 43.3 Å². The molecule has 1 aliphatic carbocycles. The second-order valence-corrected chi connectivity index (χ2v) is 12.4. The molecule has 0 saturated heterocycles. The standard InChI is InChI=1S/C26H31N9O3S/c1-6-39(37,38)18-9-27-20(28-10-18)12-30-24-26(36)35(16(5)14(2)3)25-19(33-24)11-29-23(34-25)21-15(4)31-13-32-22(21)17-7-8-17/h9-11,13-14,16-17H,6-8,12H2,1-5H3,(H,30,33)/t16-/m1/s1. The molecule has 0 bridgehead atoms. The monoisotopic (exact) mass is 549 g/mol. The molecule has 1 aliphatic rings. The van der Waals surface area contributed by atoms with E-state index in [0.717, 1.165) is 29.8 Å². The van der Waals surface area contributed by atoms with Crippen molar-refractivity contribution in [3.63, 3.8) is 0 Å². The third-order valence-electron chi connectivity index (χ3n) is 7.09. The van der Waals surface area contributed by atoms with Crippen LogP contribution < -0.4 is 10.9 Å². The maximum atomic E-state index is 13.7. The summed E-state index contributed by atoms with van der Waals surface area (Å²) >= 11 is 0. The number of rotatable bonds is 9. The number of sulfone groups is 1. The quantitative estimate of drug-likeness (QED) is 0.326. The van der Waals surface area contributed by atoms with Crippen LogP contribution in [0.4, 0.5) is 5.82 Å². The molecule has 1 saturated carbocycles. The van der Waals surface area contributed by atoms with E-state index >= 15 is 0 Å². The second-order valence-electron chi connectivity index (χ2n) is 10.1. The van der Waals surface area contributed by atoms with Gasteiger partial charge in [-0.1, -0.05) is 20.8 Å². The summed E-state index contributed by atoms with van der Waals surface area (Å²) in [5.41, 5.74) is 3.11. The molecule has 4 heterocycles. The van der Waals surface area contributed by atoms with Gasteiger partial charge in [-0.05, 0) is 32.6 Å². The SMILES string of the molecule is CCS(=O)(=O)c1cnc(CNc2nc3cnc(-c4c(C)ncnc4C4CC4)nc3n([C@H](C)C(C)C)c2=O)nc1. The molecule has 4 aromatic rings. The van der Waals surface area contributed by atoms with Gasteiger partial charge in [0.05, 0.1) is 35.4 Å². The predicted molar refractivity (Wildman–Crippen MR) is 146 cm³/mol. The lowest BCUT2D eigenvalue weighted by Crippen LogP contribution is -2.30. The average molecular weight is 550 g/mol. The van der Waals surface area contributed by atoms with Gasteiger partial charge in [0.1, 0.15) is 22.6 Å². The summed E-state index contributed by atoms with van der Waals surface area (Å²) in [7, 11) is -3.40.